The second-order valence-corrected chi connectivity index (χ2v) is 6.68. The van der Waals surface area contributed by atoms with Gasteiger partial charge in [0.05, 0.1) is 12.6 Å². The van der Waals surface area contributed by atoms with Crippen LogP contribution in [0.2, 0.25) is 0 Å². The zero-order valence-electron chi connectivity index (χ0n) is 15.1. The number of aromatic nitrogens is 5. The van der Waals surface area contributed by atoms with Crippen LogP contribution in [0.15, 0.2) is 47.5 Å². The van der Waals surface area contributed by atoms with Crippen LogP contribution < -0.4 is 0 Å². The smallest absolute Gasteiger partial charge is 0.257 e. The van der Waals surface area contributed by atoms with Crippen LogP contribution >= 0.6 is 0 Å². The molecule has 2 aromatic heterocycles. The summed E-state index contributed by atoms with van der Waals surface area (Å²) in [6.07, 6.45) is 7.47. The fourth-order valence-corrected chi connectivity index (χ4v) is 3.45. The van der Waals surface area contributed by atoms with Gasteiger partial charge in [0.1, 0.15) is 12.7 Å². The minimum Gasteiger partial charge on any atom is -0.334 e. The number of likely N-dealkylation sites (tertiary alicyclic amines) is 1. The van der Waals surface area contributed by atoms with Crippen molar-refractivity contribution in [1.82, 2.24) is 29.8 Å². The Labute approximate surface area is 157 Å². The number of hydrogen-bond acceptors (Lipinski definition) is 6. The molecule has 0 bridgehead atoms. The number of rotatable bonds is 5. The Morgan fingerprint density at radius 2 is 2.07 bits per heavy atom. The van der Waals surface area contributed by atoms with E-state index in [9.17, 15) is 4.79 Å². The highest BCUT2D eigenvalue weighted by Gasteiger charge is 2.30. The van der Waals surface area contributed by atoms with Gasteiger partial charge in [0.25, 0.3) is 5.89 Å². The lowest BCUT2D eigenvalue weighted by Gasteiger charge is -2.27. The molecule has 1 amide bonds. The van der Waals surface area contributed by atoms with E-state index in [1.165, 1.54) is 6.33 Å². The van der Waals surface area contributed by atoms with Crippen molar-refractivity contribution >= 4 is 5.91 Å². The lowest BCUT2D eigenvalue weighted by Crippen LogP contribution is -2.35. The number of benzene rings is 1. The van der Waals surface area contributed by atoms with Crippen LogP contribution in [0.1, 0.15) is 44.0 Å². The maximum atomic E-state index is 12.9. The third-order valence-corrected chi connectivity index (χ3v) is 4.86. The van der Waals surface area contributed by atoms with Gasteiger partial charge in [-0.2, -0.15) is 10.1 Å². The van der Waals surface area contributed by atoms with E-state index in [1.54, 1.807) is 11.0 Å². The number of hydrogen-bond donors (Lipinski definition) is 0. The fraction of sp³-hybridized carbons (Fsp3) is 0.421. The Bertz CT molecular complexity index is 861. The number of carbonyl (C=O) groups is 1. The molecule has 1 saturated heterocycles. The van der Waals surface area contributed by atoms with Gasteiger partial charge in [-0.25, -0.2) is 4.98 Å². The molecule has 0 spiro atoms. The number of aryl methyl sites for hydroxylation is 1. The molecular formula is C19H22N6O2. The number of nitrogens with zero attached hydrogens (tertiary/aromatic N) is 6. The molecule has 8 nitrogen and oxygen atoms in total. The summed E-state index contributed by atoms with van der Waals surface area (Å²) in [5, 5.41) is 8.25. The summed E-state index contributed by atoms with van der Waals surface area (Å²) in [7, 11) is 0. The van der Waals surface area contributed by atoms with Crippen LogP contribution in [-0.4, -0.2) is 42.3 Å². The summed E-state index contributed by atoms with van der Waals surface area (Å²) in [5.41, 5.74) is 0.883. The van der Waals surface area contributed by atoms with Gasteiger partial charge in [0, 0.05) is 18.5 Å². The highest BCUT2D eigenvalue weighted by molar-refractivity contribution is 5.76. The van der Waals surface area contributed by atoms with E-state index in [0.29, 0.717) is 24.7 Å². The van der Waals surface area contributed by atoms with E-state index >= 15 is 0 Å². The molecule has 1 atom stereocenters. The van der Waals surface area contributed by atoms with Crippen LogP contribution in [0.25, 0.3) is 11.5 Å². The molecule has 4 rings (SSSR count). The SMILES string of the molecule is O=C(CCn1cncn1)N1CCCCC[C@@H]1c1noc(-c2ccccc2)n1. The summed E-state index contributed by atoms with van der Waals surface area (Å²) >= 11 is 0. The lowest BCUT2D eigenvalue weighted by atomic mass is 10.1. The van der Waals surface area contributed by atoms with Crippen molar-refractivity contribution < 1.29 is 9.32 Å². The predicted octanol–water partition coefficient (Wildman–Crippen LogP) is 2.86. The van der Waals surface area contributed by atoms with Gasteiger partial charge in [-0.15, -0.1) is 0 Å². The zero-order valence-corrected chi connectivity index (χ0v) is 15.1. The summed E-state index contributed by atoms with van der Waals surface area (Å²) in [5.74, 6) is 1.16. The average Bonchev–Trinajstić information content (AvgIpc) is 3.35. The maximum Gasteiger partial charge on any atom is 0.257 e. The summed E-state index contributed by atoms with van der Waals surface area (Å²) in [6.45, 7) is 1.24. The Hall–Kier alpha value is -3.03. The van der Waals surface area contributed by atoms with E-state index < -0.39 is 0 Å². The van der Waals surface area contributed by atoms with Crippen molar-refractivity contribution in [3.8, 4) is 11.5 Å². The molecule has 3 aromatic rings. The van der Waals surface area contributed by atoms with Crippen molar-refractivity contribution in [2.75, 3.05) is 6.54 Å². The van der Waals surface area contributed by atoms with Crippen molar-refractivity contribution in [2.24, 2.45) is 0 Å². The van der Waals surface area contributed by atoms with Gasteiger partial charge < -0.3 is 9.42 Å². The first-order valence-corrected chi connectivity index (χ1v) is 9.32. The molecule has 1 aliphatic heterocycles. The summed E-state index contributed by atoms with van der Waals surface area (Å²) in [6, 6.07) is 9.55. The number of amides is 1. The summed E-state index contributed by atoms with van der Waals surface area (Å²) in [4.78, 5) is 23.3. The highest BCUT2D eigenvalue weighted by atomic mass is 16.5. The molecule has 0 aliphatic carbocycles. The van der Waals surface area contributed by atoms with Crippen LogP contribution in [0.3, 0.4) is 0 Å². The van der Waals surface area contributed by atoms with Crippen molar-refractivity contribution in [3.63, 3.8) is 0 Å². The Balaban J connectivity index is 1.51. The minimum atomic E-state index is -0.142. The van der Waals surface area contributed by atoms with Crippen LogP contribution in [-0.2, 0) is 11.3 Å². The van der Waals surface area contributed by atoms with Gasteiger partial charge >= 0.3 is 0 Å². The van der Waals surface area contributed by atoms with Crippen LogP contribution in [0, 0.1) is 0 Å². The molecule has 140 valence electrons. The Morgan fingerprint density at radius 3 is 2.89 bits per heavy atom. The molecule has 0 N–H and O–H groups in total. The molecule has 8 heteroatoms. The first-order valence-electron chi connectivity index (χ1n) is 9.32. The standard InChI is InChI=1S/C19H22N6O2/c26-17(10-12-24-14-20-13-21-24)25-11-6-2-5-9-16(25)18-22-19(27-23-18)15-7-3-1-4-8-15/h1,3-4,7-8,13-14,16H,2,5-6,9-12H2/t16-/m1/s1. The third-order valence-electron chi connectivity index (χ3n) is 4.86. The lowest BCUT2D eigenvalue weighted by molar-refractivity contribution is -0.134. The van der Waals surface area contributed by atoms with E-state index in [4.69, 9.17) is 4.52 Å². The molecule has 1 aromatic carbocycles. The predicted molar refractivity (Wildman–Crippen MR) is 97.3 cm³/mol. The number of carbonyl (C=O) groups excluding carboxylic acids is 1. The van der Waals surface area contributed by atoms with Crippen molar-refractivity contribution in [1.29, 1.82) is 0 Å². The monoisotopic (exact) mass is 366 g/mol. The largest absolute Gasteiger partial charge is 0.334 e. The maximum absolute atomic E-state index is 12.9. The topological polar surface area (TPSA) is 89.9 Å². The second-order valence-electron chi connectivity index (χ2n) is 6.68. The third kappa shape index (κ3) is 4.05. The van der Waals surface area contributed by atoms with Gasteiger partial charge in [-0.1, -0.05) is 36.2 Å². The molecule has 0 unspecified atom stereocenters. The van der Waals surface area contributed by atoms with Gasteiger partial charge in [-0.05, 0) is 25.0 Å². The quantitative estimate of drug-likeness (QED) is 0.690. The van der Waals surface area contributed by atoms with Gasteiger partial charge in [0.15, 0.2) is 5.82 Å². The van der Waals surface area contributed by atoms with Crippen LogP contribution in [0.4, 0.5) is 0 Å². The van der Waals surface area contributed by atoms with Gasteiger partial charge in [-0.3, -0.25) is 9.48 Å². The average molecular weight is 366 g/mol. The van der Waals surface area contributed by atoms with Crippen molar-refractivity contribution in [3.05, 3.63) is 48.8 Å². The second kappa shape index (κ2) is 8.11. The fourth-order valence-electron chi connectivity index (χ4n) is 3.45. The molecule has 1 aliphatic rings. The minimum absolute atomic E-state index is 0.0865. The molecule has 1 fully saturated rings. The van der Waals surface area contributed by atoms with Gasteiger partial charge in [0.2, 0.25) is 5.91 Å². The Kier molecular flexibility index (Phi) is 5.22. The molecule has 3 heterocycles. The van der Waals surface area contributed by atoms with E-state index in [1.807, 2.05) is 35.2 Å². The summed E-state index contributed by atoms with van der Waals surface area (Å²) < 4.78 is 7.14. The molecule has 0 saturated carbocycles. The van der Waals surface area contributed by atoms with Crippen LogP contribution in [0.5, 0.6) is 0 Å². The molecule has 27 heavy (non-hydrogen) atoms. The molecular weight excluding hydrogens is 344 g/mol. The zero-order chi connectivity index (χ0) is 18.5. The normalized spacial score (nSPS) is 17.6. The highest BCUT2D eigenvalue weighted by Crippen LogP contribution is 2.30. The van der Waals surface area contributed by atoms with E-state index in [2.05, 4.69) is 20.2 Å². The van der Waals surface area contributed by atoms with E-state index in [-0.39, 0.29) is 11.9 Å². The first kappa shape index (κ1) is 17.4. The Morgan fingerprint density at radius 1 is 1.19 bits per heavy atom. The van der Waals surface area contributed by atoms with E-state index in [0.717, 1.165) is 37.8 Å². The molecule has 0 radical (unpaired) electrons. The van der Waals surface area contributed by atoms with Crippen molar-refractivity contribution in [2.45, 2.75) is 44.7 Å². The first-order chi connectivity index (χ1) is 13.3.